The molecular weight excluding hydrogens is 198 g/mol. The highest BCUT2D eigenvalue weighted by molar-refractivity contribution is 5.43. The lowest BCUT2D eigenvalue weighted by molar-refractivity contribution is 0.190. The molecule has 88 valence electrons. The quantitative estimate of drug-likeness (QED) is 0.827. The molecule has 2 atom stereocenters. The zero-order chi connectivity index (χ0) is 11.5. The van der Waals surface area contributed by atoms with Crippen molar-refractivity contribution in [2.45, 2.75) is 38.8 Å². The van der Waals surface area contributed by atoms with E-state index in [1.165, 1.54) is 24.9 Å². The van der Waals surface area contributed by atoms with Gasteiger partial charge in [0.25, 0.3) is 0 Å². The largest absolute Gasteiger partial charge is 0.367 e. The third-order valence-corrected chi connectivity index (χ3v) is 3.56. The molecule has 1 N–H and O–H groups in total. The van der Waals surface area contributed by atoms with Crippen molar-refractivity contribution >= 4 is 5.82 Å². The lowest BCUT2D eigenvalue weighted by Crippen LogP contribution is -2.42. The second-order valence-corrected chi connectivity index (χ2v) is 4.86. The third kappa shape index (κ3) is 2.53. The molecule has 3 nitrogen and oxygen atoms in total. The molecule has 3 heteroatoms. The molecule has 2 rings (SSSR count). The van der Waals surface area contributed by atoms with E-state index in [0.717, 1.165) is 5.82 Å². The first-order valence-corrected chi connectivity index (χ1v) is 6.05. The summed E-state index contributed by atoms with van der Waals surface area (Å²) < 4.78 is 0. The molecule has 0 spiro atoms. The Morgan fingerprint density at radius 3 is 3.00 bits per heavy atom. The van der Waals surface area contributed by atoms with Crippen LogP contribution < -0.4 is 5.32 Å². The molecule has 1 aliphatic rings. The number of hydrogen-bond donors (Lipinski definition) is 1. The number of anilines is 1. The van der Waals surface area contributed by atoms with E-state index in [4.69, 9.17) is 0 Å². The zero-order valence-corrected chi connectivity index (χ0v) is 10.4. The molecule has 1 aliphatic heterocycles. The lowest BCUT2D eigenvalue weighted by atomic mass is 9.99. The summed E-state index contributed by atoms with van der Waals surface area (Å²) in [4.78, 5) is 6.81. The number of rotatable bonds is 2. The Balaban J connectivity index is 1.98. The molecule has 2 heterocycles. The van der Waals surface area contributed by atoms with Gasteiger partial charge in [-0.25, -0.2) is 4.98 Å². The predicted molar refractivity (Wildman–Crippen MR) is 67.7 cm³/mol. The number of aromatic nitrogens is 1. The van der Waals surface area contributed by atoms with Crippen molar-refractivity contribution in [2.24, 2.45) is 0 Å². The monoisotopic (exact) mass is 219 g/mol. The van der Waals surface area contributed by atoms with Crippen LogP contribution >= 0.6 is 0 Å². The molecule has 1 aromatic rings. The molecule has 1 fully saturated rings. The maximum Gasteiger partial charge on any atom is 0.129 e. The first kappa shape index (κ1) is 11.4. The Morgan fingerprint density at radius 2 is 2.31 bits per heavy atom. The molecule has 0 aliphatic carbocycles. The standard InChI is InChI=1S/C13H21N3/c1-10-5-4-7-14-13(10)15-12-6-8-16(3)11(2)9-12/h4-5,7,11-12H,6,8-9H2,1-3H3,(H,14,15). The van der Waals surface area contributed by atoms with Crippen molar-refractivity contribution in [3.63, 3.8) is 0 Å². The van der Waals surface area contributed by atoms with Crippen LogP contribution in [0.25, 0.3) is 0 Å². The average molecular weight is 219 g/mol. The van der Waals surface area contributed by atoms with Gasteiger partial charge in [0, 0.05) is 24.8 Å². The molecule has 1 aromatic heterocycles. The maximum atomic E-state index is 4.39. The van der Waals surface area contributed by atoms with Crippen molar-refractivity contribution in [3.8, 4) is 0 Å². The van der Waals surface area contributed by atoms with Gasteiger partial charge in [0.15, 0.2) is 0 Å². The number of piperidine rings is 1. The van der Waals surface area contributed by atoms with Crippen LogP contribution in [-0.2, 0) is 0 Å². The fraction of sp³-hybridized carbons (Fsp3) is 0.615. The van der Waals surface area contributed by atoms with Gasteiger partial charge in [-0.3, -0.25) is 0 Å². The molecule has 16 heavy (non-hydrogen) atoms. The highest BCUT2D eigenvalue weighted by Crippen LogP contribution is 2.20. The number of nitrogens with zero attached hydrogens (tertiary/aromatic N) is 2. The third-order valence-electron chi connectivity index (χ3n) is 3.56. The van der Waals surface area contributed by atoms with Gasteiger partial charge >= 0.3 is 0 Å². The summed E-state index contributed by atoms with van der Waals surface area (Å²) in [5.41, 5.74) is 1.23. The summed E-state index contributed by atoms with van der Waals surface area (Å²) in [6.45, 7) is 5.57. The van der Waals surface area contributed by atoms with Crippen molar-refractivity contribution < 1.29 is 0 Å². The summed E-state index contributed by atoms with van der Waals surface area (Å²) >= 11 is 0. The Hall–Kier alpha value is -1.09. The van der Waals surface area contributed by atoms with Gasteiger partial charge in [-0.1, -0.05) is 6.07 Å². The SMILES string of the molecule is Cc1cccnc1NC1CCN(C)C(C)C1. The number of hydrogen-bond acceptors (Lipinski definition) is 3. The average Bonchev–Trinajstić information content (AvgIpc) is 2.27. The number of likely N-dealkylation sites (tertiary alicyclic amines) is 1. The van der Waals surface area contributed by atoms with Gasteiger partial charge in [0.1, 0.15) is 5.82 Å². The Bertz CT molecular complexity index is 351. The van der Waals surface area contributed by atoms with Crippen LogP contribution in [0.15, 0.2) is 18.3 Å². The van der Waals surface area contributed by atoms with Crippen LogP contribution in [0.5, 0.6) is 0 Å². The van der Waals surface area contributed by atoms with Gasteiger partial charge in [-0.05, 0) is 45.4 Å². The van der Waals surface area contributed by atoms with Crippen LogP contribution in [0, 0.1) is 6.92 Å². The van der Waals surface area contributed by atoms with E-state index in [1.54, 1.807) is 0 Å². The predicted octanol–water partition coefficient (Wildman–Crippen LogP) is 2.28. The molecule has 0 aromatic carbocycles. The summed E-state index contributed by atoms with van der Waals surface area (Å²) in [6, 6.07) is 5.32. The lowest BCUT2D eigenvalue weighted by Gasteiger charge is -2.35. The van der Waals surface area contributed by atoms with E-state index in [1.807, 2.05) is 12.3 Å². The highest BCUT2D eigenvalue weighted by atomic mass is 15.2. The molecule has 2 unspecified atom stereocenters. The van der Waals surface area contributed by atoms with Crippen molar-refractivity contribution in [2.75, 3.05) is 18.9 Å². The zero-order valence-electron chi connectivity index (χ0n) is 10.4. The van der Waals surface area contributed by atoms with Crippen LogP contribution in [0.4, 0.5) is 5.82 Å². The highest BCUT2D eigenvalue weighted by Gasteiger charge is 2.22. The van der Waals surface area contributed by atoms with Crippen LogP contribution in [0.2, 0.25) is 0 Å². The van der Waals surface area contributed by atoms with Crippen LogP contribution in [0.1, 0.15) is 25.3 Å². The van der Waals surface area contributed by atoms with E-state index in [-0.39, 0.29) is 0 Å². The fourth-order valence-corrected chi connectivity index (χ4v) is 2.25. The van der Waals surface area contributed by atoms with Gasteiger partial charge in [-0.2, -0.15) is 0 Å². The molecular formula is C13H21N3. The Morgan fingerprint density at radius 1 is 1.50 bits per heavy atom. The number of nitrogens with one attached hydrogen (secondary N) is 1. The first-order chi connectivity index (χ1) is 7.66. The minimum atomic E-state index is 0.569. The molecule has 0 amide bonds. The molecule has 1 saturated heterocycles. The van der Waals surface area contributed by atoms with E-state index < -0.39 is 0 Å². The van der Waals surface area contributed by atoms with E-state index in [9.17, 15) is 0 Å². The van der Waals surface area contributed by atoms with Crippen LogP contribution in [0.3, 0.4) is 0 Å². The first-order valence-electron chi connectivity index (χ1n) is 6.05. The summed E-state index contributed by atoms with van der Waals surface area (Å²) in [6.07, 6.45) is 4.26. The van der Waals surface area contributed by atoms with Crippen molar-refractivity contribution in [3.05, 3.63) is 23.9 Å². The fourth-order valence-electron chi connectivity index (χ4n) is 2.25. The van der Waals surface area contributed by atoms with Gasteiger partial charge in [0.05, 0.1) is 0 Å². The van der Waals surface area contributed by atoms with Crippen LogP contribution in [-0.4, -0.2) is 35.6 Å². The second kappa shape index (κ2) is 4.83. The van der Waals surface area contributed by atoms with Crippen molar-refractivity contribution in [1.29, 1.82) is 0 Å². The van der Waals surface area contributed by atoms with E-state index in [0.29, 0.717) is 12.1 Å². The summed E-state index contributed by atoms with van der Waals surface area (Å²) in [7, 11) is 2.20. The van der Waals surface area contributed by atoms with Gasteiger partial charge in [0.2, 0.25) is 0 Å². The normalized spacial score (nSPS) is 26.7. The maximum absolute atomic E-state index is 4.39. The molecule has 0 saturated carbocycles. The van der Waals surface area contributed by atoms with Gasteiger partial charge < -0.3 is 10.2 Å². The number of aryl methyl sites for hydroxylation is 1. The summed E-state index contributed by atoms with van der Waals surface area (Å²) in [5, 5.41) is 3.56. The van der Waals surface area contributed by atoms with E-state index in [2.05, 4.69) is 42.2 Å². The minimum absolute atomic E-state index is 0.569. The Kier molecular flexibility index (Phi) is 3.44. The molecule has 0 radical (unpaired) electrons. The summed E-state index contributed by atoms with van der Waals surface area (Å²) in [5.74, 6) is 1.05. The van der Waals surface area contributed by atoms with Crippen molar-refractivity contribution in [1.82, 2.24) is 9.88 Å². The smallest absolute Gasteiger partial charge is 0.129 e. The van der Waals surface area contributed by atoms with E-state index >= 15 is 0 Å². The number of pyridine rings is 1. The second-order valence-electron chi connectivity index (χ2n) is 4.86. The molecule has 0 bridgehead atoms. The minimum Gasteiger partial charge on any atom is -0.367 e. The van der Waals surface area contributed by atoms with Gasteiger partial charge in [-0.15, -0.1) is 0 Å². The Labute approximate surface area is 97.9 Å². The topological polar surface area (TPSA) is 28.2 Å².